The molecule has 0 aliphatic carbocycles. The van der Waals surface area contributed by atoms with E-state index in [1.54, 1.807) is 18.2 Å². The lowest BCUT2D eigenvalue weighted by Crippen LogP contribution is -2.12. The van der Waals surface area contributed by atoms with Gasteiger partial charge in [-0.3, -0.25) is 4.79 Å². The number of benzene rings is 1. The minimum Gasteiger partial charge on any atom is -0.354 e. The normalized spacial score (nSPS) is 10.4. The van der Waals surface area contributed by atoms with E-state index in [2.05, 4.69) is 5.32 Å². The van der Waals surface area contributed by atoms with Crippen LogP contribution in [0, 0.1) is 0 Å². The van der Waals surface area contributed by atoms with Crippen LogP contribution in [0.25, 0.3) is 0 Å². The number of nitrogens with one attached hydrogen (secondary N) is 1. The molecule has 1 N–H and O–H groups in total. The molecule has 0 radical (unpaired) electrons. The first kappa shape index (κ1) is 14.0. The van der Waals surface area contributed by atoms with Gasteiger partial charge in [-0.15, -0.1) is 0 Å². The monoisotopic (exact) mass is 296 g/mol. The van der Waals surface area contributed by atoms with Crippen LogP contribution in [0.3, 0.4) is 0 Å². The van der Waals surface area contributed by atoms with Crippen LogP contribution in [0.5, 0.6) is 0 Å². The molecule has 0 saturated heterocycles. The fourth-order valence-electron chi connectivity index (χ4n) is 1.75. The van der Waals surface area contributed by atoms with Gasteiger partial charge in [-0.1, -0.05) is 29.3 Å². The summed E-state index contributed by atoms with van der Waals surface area (Å²) in [5.41, 5.74) is 0.556. The molecule has 2 rings (SSSR count). The van der Waals surface area contributed by atoms with Crippen LogP contribution in [-0.4, -0.2) is 10.5 Å². The predicted octanol–water partition coefficient (Wildman–Crippen LogP) is 4.21. The number of carbonyl (C=O) groups is 1. The van der Waals surface area contributed by atoms with Gasteiger partial charge in [-0.05, 0) is 30.7 Å². The molecule has 1 aromatic carbocycles. The SMILES string of the molecule is O=C(CCCn1cccc1)Nc1cccc(Cl)c1Cl. The highest BCUT2D eigenvalue weighted by atomic mass is 35.5. The van der Waals surface area contributed by atoms with Gasteiger partial charge in [0.05, 0.1) is 15.7 Å². The molecule has 0 unspecified atom stereocenters. The van der Waals surface area contributed by atoms with Crippen molar-refractivity contribution >= 4 is 34.8 Å². The molecule has 2 aromatic rings. The summed E-state index contributed by atoms with van der Waals surface area (Å²) < 4.78 is 2.04. The third kappa shape index (κ3) is 4.01. The van der Waals surface area contributed by atoms with Crippen LogP contribution in [0.2, 0.25) is 10.0 Å². The standard InChI is InChI=1S/C14H14Cl2N2O/c15-11-5-3-6-12(14(11)16)17-13(19)7-4-10-18-8-1-2-9-18/h1-3,5-6,8-9H,4,7,10H2,(H,17,19). The van der Waals surface area contributed by atoms with E-state index in [-0.39, 0.29) is 5.91 Å². The van der Waals surface area contributed by atoms with E-state index < -0.39 is 0 Å². The van der Waals surface area contributed by atoms with Crippen molar-refractivity contribution in [3.8, 4) is 0 Å². The van der Waals surface area contributed by atoms with Crippen LogP contribution >= 0.6 is 23.2 Å². The first-order chi connectivity index (χ1) is 9.16. The van der Waals surface area contributed by atoms with Crippen molar-refractivity contribution in [1.82, 2.24) is 4.57 Å². The number of carbonyl (C=O) groups excluding carboxylic acids is 1. The zero-order chi connectivity index (χ0) is 13.7. The number of amides is 1. The summed E-state index contributed by atoms with van der Waals surface area (Å²) in [7, 11) is 0. The highest BCUT2D eigenvalue weighted by Gasteiger charge is 2.07. The van der Waals surface area contributed by atoms with Gasteiger partial charge in [0.1, 0.15) is 0 Å². The zero-order valence-electron chi connectivity index (χ0n) is 10.3. The lowest BCUT2D eigenvalue weighted by molar-refractivity contribution is -0.116. The quantitative estimate of drug-likeness (QED) is 0.881. The molecule has 1 aromatic heterocycles. The van der Waals surface area contributed by atoms with Gasteiger partial charge in [0, 0.05) is 25.4 Å². The van der Waals surface area contributed by atoms with E-state index in [0.717, 1.165) is 13.0 Å². The molecule has 0 fully saturated rings. The van der Waals surface area contributed by atoms with Crippen molar-refractivity contribution < 1.29 is 4.79 Å². The van der Waals surface area contributed by atoms with Crippen LogP contribution in [-0.2, 0) is 11.3 Å². The van der Waals surface area contributed by atoms with Gasteiger partial charge < -0.3 is 9.88 Å². The topological polar surface area (TPSA) is 34.0 Å². The Morgan fingerprint density at radius 2 is 1.89 bits per heavy atom. The third-order valence-corrected chi connectivity index (χ3v) is 3.53. The lowest BCUT2D eigenvalue weighted by Gasteiger charge is -2.08. The minimum atomic E-state index is -0.0590. The van der Waals surface area contributed by atoms with Gasteiger partial charge in [0.2, 0.25) is 5.91 Å². The summed E-state index contributed by atoms with van der Waals surface area (Å²) >= 11 is 11.9. The van der Waals surface area contributed by atoms with Crippen LogP contribution in [0.1, 0.15) is 12.8 Å². The Morgan fingerprint density at radius 1 is 1.16 bits per heavy atom. The van der Waals surface area contributed by atoms with Gasteiger partial charge in [0.25, 0.3) is 0 Å². The lowest BCUT2D eigenvalue weighted by atomic mass is 10.2. The van der Waals surface area contributed by atoms with Crippen molar-refractivity contribution in [3.05, 3.63) is 52.8 Å². The summed E-state index contributed by atoms with van der Waals surface area (Å²) in [4.78, 5) is 11.8. The second-order valence-corrected chi connectivity index (χ2v) is 4.96. The highest BCUT2D eigenvalue weighted by molar-refractivity contribution is 6.43. The first-order valence-electron chi connectivity index (χ1n) is 6.01. The second-order valence-electron chi connectivity index (χ2n) is 4.17. The molecule has 0 atom stereocenters. The molecule has 3 nitrogen and oxygen atoms in total. The van der Waals surface area contributed by atoms with Crippen molar-refractivity contribution in [2.45, 2.75) is 19.4 Å². The number of halogens is 2. The van der Waals surface area contributed by atoms with E-state index in [4.69, 9.17) is 23.2 Å². The van der Waals surface area contributed by atoms with Crippen LogP contribution in [0.4, 0.5) is 5.69 Å². The predicted molar refractivity (Wildman–Crippen MR) is 78.8 cm³/mol. The average molecular weight is 297 g/mol. The highest BCUT2D eigenvalue weighted by Crippen LogP contribution is 2.29. The Hall–Kier alpha value is -1.45. The fourth-order valence-corrected chi connectivity index (χ4v) is 2.10. The summed E-state index contributed by atoms with van der Waals surface area (Å²) in [6, 6.07) is 9.10. The molecule has 0 spiro atoms. The maximum Gasteiger partial charge on any atom is 0.224 e. The number of nitrogens with zero attached hydrogens (tertiary/aromatic N) is 1. The summed E-state index contributed by atoms with van der Waals surface area (Å²) in [6.07, 6.45) is 5.18. The Balaban J connectivity index is 1.82. The van der Waals surface area contributed by atoms with Crippen molar-refractivity contribution in [3.63, 3.8) is 0 Å². The van der Waals surface area contributed by atoms with Gasteiger partial charge >= 0.3 is 0 Å². The fraction of sp³-hybridized carbons (Fsp3) is 0.214. The minimum absolute atomic E-state index is 0.0590. The summed E-state index contributed by atoms with van der Waals surface area (Å²) in [6.45, 7) is 0.823. The Morgan fingerprint density at radius 3 is 2.63 bits per heavy atom. The zero-order valence-corrected chi connectivity index (χ0v) is 11.8. The molecule has 0 bridgehead atoms. The van der Waals surface area contributed by atoms with Crippen molar-refractivity contribution in [2.24, 2.45) is 0 Å². The average Bonchev–Trinajstić information content (AvgIpc) is 2.88. The summed E-state index contributed by atoms with van der Waals surface area (Å²) in [5, 5.41) is 3.58. The summed E-state index contributed by atoms with van der Waals surface area (Å²) in [5.74, 6) is -0.0590. The van der Waals surface area contributed by atoms with E-state index in [1.807, 2.05) is 29.1 Å². The molecule has 100 valence electrons. The first-order valence-corrected chi connectivity index (χ1v) is 6.77. The van der Waals surface area contributed by atoms with E-state index in [1.165, 1.54) is 0 Å². The molecule has 0 aliphatic rings. The van der Waals surface area contributed by atoms with E-state index in [0.29, 0.717) is 22.2 Å². The molecule has 0 saturated carbocycles. The Labute approximate surface area is 122 Å². The van der Waals surface area contributed by atoms with Gasteiger partial charge in [0.15, 0.2) is 0 Å². The number of aryl methyl sites for hydroxylation is 1. The van der Waals surface area contributed by atoms with E-state index >= 15 is 0 Å². The molecule has 0 aliphatic heterocycles. The van der Waals surface area contributed by atoms with Crippen molar-refractivity contribution in [2.75, 3.05) is 5.32 Å². The number of anilines is 1. The smallest absolute Gasteiger partial charge is 0.224 e. The second kappa shape index (κ2) is 6.64. The van der Waals surface area contributed by atoms with Gasteiger partial charge in [-0.25, -0.2) is 0 Å². The number of hydrogen-bond acceptors (Lipinski definition) is 1. The largest absolute Gasteiger partial charge is 0.354 e. The maximum absolute atomic E-state index is 11.8. The van der Waals surface area contributed by atoms with E-state index in [9.17, 15) is 4.79 Å². The molecule has 1 heterocycles. The molecular formula is C14H14Cl2N2O. The van der Waals surface area contributed by atoms with Crippen molar-refractivity contribution in [1.29, 1.82) is 0 Å². The van der Waals surface area contributed by atoms with Crippen LogP contribution in [0.15, 0.2) is 42.7 Å². The number of hydrogen-bond donors (Lipinski definition) is 1. The molecule has 5 heteroatoms. The Bertz CT molecular complexity index is 553. The molecule has 19 heavy (non-hydrogen) atoms. The molecular weight excluding hydrogens is 283 g/mol. The Kier molecular flexibility index (Phi) is 4.88. The molecule has 1 amide bonds. The number of rotatable bonds is 5. The third-order valence-electron chi connectivity index (χ3n) is 2.71. The maximum atomic E-state index is 11.8. The van der Waals surface area contributed by atoms with Crippen LogP contribution < -0.4 is 5.32 Å². The van der Waals surface area contributed by atoms with Gasteiger partial charge in [-0.2, -0.15) is 0 Å². The number of aromatic nitrogens is 1.